The van der Waals surface area contributed by atoms with E-state index in [1.165, 1.54) is 10.9 Å². The quantitative estimate of drug-likeness (QED) is 0.783. The largest absolute Gasteiger partial charge is 0.327 e. The minimum absolute atomic E-state index is 0.0408. The van der Waals surface area contributed by atoms with E-state index in [1.807, 2.05) is 6.92 Å². The van der Waals surface area contributed by atoms with Gasteiger partial charge < -0.3 is 5.73 Å². The zero-order valence-corrected chi connectivity index (χ0v) is 9.79. The van der Waals surface area contributed by atoms with Gasteiger partial charge in [-0.25, -0.2) is 0 Å². The molecule has 1 heterocycles. The van der Waals surface area contributed by atoms with Crippen molar-refractivity contribution in [3.05, 3.63) is 16.9 Å². The van der Waals surface area contributed by atoms with Crippen molar-refractivity contribution < 1.29 is 4.79 Å². The molecule has 0 amide bonds. The average Bonchev–Trinajstić information content (AvgIpc) is 2.46. The Labute approximate surface area is 94.4 Å². The van der Waals surface area contributed by atoms with E-state index in [2.05, 4.69) is 5.10 Å². The standard InChI is InChI=1S/C10H16ClN3O/c1-3-4-7(12)5-9(15)10-8(11)6-13-14(10)2/h6-7H,3-5,12H2,1-2H3. The third-order valence-electron chi connectivity index (χ3n) is 2.27. The molecular formula is C10H16ClN3O. The molecule has 15 heavy (non-hydrogen) atoms. The van der Waals surface area contributed by atoms with Crippen LogP contribution in [-0.4, -0.2) is 21.6 Å². The fraction of sp³-hybridized carbons (Fsp3) is 0.600. The Hall–Kier alpha value is -0.870. The molecule has 5 heteroatoms. The Balaban J connectivity index is 2.69. The summed E-state index contributed by atoms with van der Waals surface area (Å²) in [7, 11) is 1.70. The molecule has 0 aliphatic heterocycles. The molecule has 0 radical (unpaired) electrons. The highest BCUT2D eigenvalue weighted by Crippen LogP contribution is 2.17. The van der Waals surface area contributed by atoms with Crippen LogP contribution >= 0.6 is 11.6 Å². The summed E-state index contributed by atoms with van der Waals surface area (Å²) in [4.78, 5) is 11.8. The topological polar surface area (TPSA) is 60.9 Å². The number of carbonyl (C=O) groups is 1. The number of nitrogens with two attached hydrogens (primary N) is 1. The summed E-state index contributed by atoms with van der Waals surface area (Å²) in [6.45, 7) is 2.04. The van der Waals surface area contributed by atoms with Gasteiger partial charge in [0.25, 0.3) is 0 Å². The van der Waals surface area contributed by atoms with Crippen LogP contribution in [-0.2, 0) is 7.05 Å². The van der Waals surface area contributed by atoms with Crippen LogP contribution in [0.25, 0.3) is 0 Å². The summed E-state index contributed by atoms with van der Waals surface area (Å²) in [6, 6.07) is -0.0894. The van der Waals surface area contributed by atoms with E-state index < -0.39 is 0 Å². The van der Waals surface area contributed by atoms with E-state index in [0.717, 1.165) is 12.8 Å². The highest BCUT2D eigenvalue weighted by Gasteiger charge is 2.17. The first-order chi connectivity index (χ1) is 7.06. The molecule has 0 aromatic carbocycles. The van der Waals surface area contributed by atoms with Crippen LogP contribution in [0.1, 0.15) is 36.7 Å². The van der Waals surface area contributed by atoms with Crippen molar-refractivity contribution in [1.82, 2.24) is 9.78 Å². The molecule has 1 atom stereocenters. The first-order valence-corrected chi connectivity index (χ1v) is 5.40. The molecule has 0 saturated heterocycles. The van der Waals surface area contributed by atoms with Gasteiger partial charge in [-0.1, -0.05) is 24.9 Å². The van der Waals surface area contributed by atoms with E-state index in [1.54, 1.807) is 7.05 Å². The zero-order valence-electron chi connectivity index (χ0n) is 9.03. The molecule has 1 aromatic heterocycles. The summed E-state index contributed by atoms with van der Waals surface area (Å²) in [5.74, 6) is -0.0408. The van der Waals surface area contributed by atoms with Crippen molar-refractivity contribution in [2.45, 2.75) is 32.2 Å². The van der Waals surface area contributed by atoms with Crippen LogP contribution in [0.2, 0.25) is 5.02 Å². The molecule has 1 aromatic rings. The minimum atomic E-state index is -0.0894. The molecule has 0 aliphatic carbocycles. The fourth-order valence-electron chi connectivity index (χ4n) is 1.53. The highest BCUT2D eigenvalue weighted by molar-refractivity contribution is 6.33. The Morgan fingerprint density at radius 3 is 2.87 bits per heavy atom. The second kappa shape index (κ2) is 5.28. The second-order valence-corrected chi connectivity index (χ2v) is 4.05. The van der Waals surface area contributed by atoms with E-state index in [9.17, 15) is 4.79 Å². The van der Waals surface area contributed by atoms with Crippen LogP contribution in [0.15, 0.2) is 6.20 Å². The number of halogens is 1. The number of hydrogen-bond donors (Lipinski definition) is 1. The predicted molar refractivity (Wildman–Crippen MR) is 60.0 cm³/mol. The van der Waals surface area contributed by atoms with Crippen molar-refractivity contribution >= 4 is 17.4 Å². The minimum Gasteiger partial charge on any atom is -0.327 e. The summed E-state index contributed by atoms with van der Waals surface area (Å²) >= 11 is 5.86. The summed E-state index contributed by atoms with van der Waals surface area (Å²) in [6.07, 6.45) is 3.63. The number of aryl methyl sites for hydroxylation is 1. The number of Topliss-reactive ketones (excluding diaryl/α,β-unsaturated/α-hetero) is 1. The number of rotatable bonds is 5. The van der Waals surface area contributed by atoms with E-state index in [0.29, 0.717) is 17.1 Å². The molecule has 1 unspecified atom stereocenters. The Kier molecular flexibility index (Phi) is 4.29. The van der Waals surface area contributed by atoms with Crippen molar-refractivity contribution in [1.29, 1.82) is 0 Å². The van der Waals surface area contributed by atoms with Crippen LogP contribution in [0.4, 0.5) is 0 Å². The van der Waals surface area contributed by atoms with Gasteiger partial charge in [0.2, 0.25) is 0 Å². The first-order valence-electron chi connectivity index (χ1n) is 5.02. The fourth-order valence-corrected chi connectivity index (χ4v) is 1.80. The third-order valence-corrected chi connectivity index (χ3v) is 2.54. The van der Waals surface area contributed by atoms with Crippen molar-refractivity contribution in [2.75, 3.05) is 0 Å². The Bertz CT molecular complexity index is 329. The summed E-state index contributed by atoms with van der Waals surface area (Å²) in [5.41, 5.74) is 6.25. The van der Waals surface area contributed by atoms with E-state index >= 15 is 0 Å². The van der Waals surface area contributed by atoms with Gasteiger partial charge in [-0.3, -0.25) is 9.48 Å². The number of ketones is 1. The predicted octanol–water partition coefficient (Wildman–Crippen LogP) is 1.77. The summed E-state index contributed by atoms with van der Waals surface area (Å²) < 4.78 is 1.49. The van der Waals surface area contributed by atoms with Gasteiger partial charge >= 0.3 is 0 Å². The molecule has 2 N–H and O–H groups in total. The number of hydrogen-bond acceptors (Lipinski definition) is 3. The van der Waals surface area contributed by atoms with Gasteiger partial charge in [-0.05, 0) is 6.42 Å². The van der Waals surface area contributed by atoms with Gasteiger partial charge in [-0.15, -0.1) is 0 Å². The van der Waals surface area contributed by atoms with Crippen molar-refractivity contribution in [3.8, 4) is 0 Å². The van der Waals surface area contributed by atoms with Crippen LogP contribution in [0.3, 0.4) is 0 Å². The van der Waals surface area contributed by atoms with Gasteiger partial charge in [-0.2, -0.15) is 5.10 Å². The third kappa shape index (κ3) is 3.04. The van der Waals surface area contributed by atoms with Crippen LogP contribution in [0, 0.1) is 0 Å². The van der Waals surface area contributed by atoms with Gasteiger partial charge in [0.15, 0.2) is 5.78 Å². The van der Waals surface area contributed by atoms with Gasteiger partial charge in [0.1, 0.15) is 5.69 Å². The second-order valence-electron chi connectivity index (χ2n) is 3.64. The average molecular weight is 230 g/mol. The maximum atomic E-state index is 11.8. The Morgan fingerprint density at radius 2 is 2.40 bits per heavy atom. The van der Waals surface area contributed by atoms with Gasteiger partial charge in [0, 0.05) is 19.5 Å². The lowest BCUT2D eigenvalue weighted by Gasteiger charge is -2.09. The smallest absolute Gasteiger partial charge is 0.183 e. The van der Waals surface area contributed by atoms with Gasteiger partial charge in [0.05, 0.1) is 11.2 Å². The molecule has 0 saturated carbocycles. The molecule has 84 valence electrons. The lowest BCUT2D eigenvalue weighted by molar-refractivity contribution is 0.0964. The molecular weight excluding hydrogens is 214 g/mol. The Morgan fingerprint density at radius 1 is 1.73 bits per heavy atom. The van der Waals surface area contributed by atoms with Crippen molar-refractivity contribution in [2.24, 2.45) is 12.8 Å². The van der Waals surface area contributed by atoms with E-state index in [-0.39, 0.29) is 11.8 Å². The molecule has 1 rings (SSSR count). The SMILES string of the molecule is CCCC(N)CC(=O)c1c(Cl)cnn1C. The first kappa shape index (κ1) is 12.2. The van der Waals surface area contributed by atoms with Crippen LogP contribution < -0.4 is 5.73 Å². The summed E-state index contributed by atoms with van der Waals surface area (Å²) in [5, 5.41) is 4.31. The number of nitrogens with zero attached hydrogens (tertiary/aromatic N) is 2. The lowest BCUT2D eigenvalue weighted by atomic mass is 10.0. The molecule has 4 nitrogen and oxygen atoms in total. The highest BCUT2D eigenvalue weighted by atomic mass is 35.5. The normalized spacial score (nSPS) is 12.8. The molecule has 0 spiro atoms. The van der Waals surface area contributed by atoms with Crippen LogP contribution in [0.5, 0.6) is 0 Å². The number of carbonyl (C=O) groups excluding carboxylic acids is 1. The maximum Gasteiger partial charge on any atom is 0.183 e. The maximum absolute atomic E-state index is 11.8. The number of aromatic nitrogens is 2. The molecule has 0 fully saturated rings. The van der Waals surface area contributed by atoms with Crippen molar-refractivity contribution in [3.63, 3.8) is 0 Å². The zero-order chi connectivity index (χ0) is 11.4. The molecule has 0 bridgehead atoms. The monoisotopic (exact) mass is 229 g/mol. The molecule has 0 aliphatic rings. The van der Waals surface area contributed by atoms with E-state index in [4.69, 9.17) is 17.3 Å². The lowest BCUT2D eigenvalue weighted by Crippen LogP contribution is -2.24.